The molecule has 0 aliphatic rings. The zero-order valence-electron chi connectivity index (χ0n) is 17.8. The molecule has 0 radical (unpaired) electrons. The molecule has 3 rings (SSSR count). The average Bonchev–Trinajstić information content (AvgIpc) is 3.22. The predicted molar refractivity (Wildman–Crippen MR) is 122 cm³/mol. The minimum absolute atomic E-state index is 0.170. The molecule has 1 amide bonds. The van der Waals surface area contributed by atoms with Crippen molar-refractivity contribution in [3.8, 4) is 10.6 Å². The Hall–Kier alpha value is -2.51. The van der Waals surface area contributed by atoms with Crippen molar-refractivity contribution in [3.63, 3.8) is 0 Å². The number of aromatic nitrogens is 1. The first-order valence-corrected chi connectivity index (χ1v) is 12.5. The molecule has 2 aromatic carbocycles. The highest BCUT2D eigenvalue weighted by Gasteiger charge is 2.22. The van der Waals surface area contributed by atoms with Gasteiger partial charge in [0.2, 0.25) is 0 Å². The van der Waals surface area contributed by atoms with Crippen LogP contribution in [-0.2, 0) is 9.84 Å². The van der Waals surface area contributed by atoms with Gasteiger partial charge >= 0.3 is 0 Å². The van der Waals surface area contributed by atoms with Crippen molar-refractivity contribution >= 4 is 27.1 Å². The van der Waals surface area contributed by atoms with Gasteiger partial charge in [-0.2, -0.15) is 0 Å². The van der Waals surface area contributed by atoms with Gasteiger partial charge in [0, 0.05) is 24.2 Å². The number of amides is 1. The minimum Gasteiger partial charge on any atom is -0.334 e. The van der Waals surface area contributed by atoms with E-state index in [0.717, 1.165) is 16.1 Å². The lowest BCUT2D eigenvalue weighted by Gasteiger charge is -2.24. The van der Waals surface area contributed by atoms with Gasteiger partial charge in [0.05, 0.1) is 10.9 Å². The van der Waals surface area contributed by atoms with Crippen molar-refractivity contribution in [2.24, 2.45) is 0 Å². The molecule has 1 aromatic heterocycles. The first-order chi connectivity index (χ1) is 14.1. The lowest BCUT2D eigenvalue weighted by Crippen LogP contribution is -2.29. The largest absolute Gasteiger partial charge is 0.334 e. The number of benzene rings is 2. The molecule has 0 bridgehead atoms. The summed E-state index contributed by atoms with van der Waals surface area (Å²) in [5.41, 5.74) is 3.53. The third-order valence-electron chi connectivity index (χ3n) is 5.24. The van der Waals surface area contributed by atoms with E-state index in [0.29, 0.717) is 11.6 Å². The summed E-state index contributed by atoms with van der Waals surface area (Å²) in [6.07, 6.45) is 1.18. The van der Waals surface area contributed by atoms with Gasteiger partial charge in [-0.05, 0) is 36.1 Å². The van der Waals surface area contributed by atoms with Crippen molar-refractivity contribution in [2.45, 2.75) is 37.6 Å². The molecular weight excluding hydrogens is 416 g/mol. The number of thiazole rings is 1. The smallest absolute Gasteiger partial charge is 0.273 e. The van der Waals surface area contributed by atoms with Gasteiger partial charge in [0.15, 0.2) is 9.84 Å². The second-order valence-corrected chi connectivity index (χ2v) is 10.6. The van der Waals surface area contributed by atoms with Crippen LogP contribution < -0.4 is 0 Å². The van der Waals surface area contributed by atoms with Crippen LogP contribution in [0.25, 0.3) is 10.6 Å². The third kappa shape index (κ3) is 4.79. The molecule has 158 valence electrons. The molecule has 0 unspecified atom stereocenters. The second kappa shape index (κ2) is 8.70. The Balaban J connectivity index is 1.76. The molecule has 1 atom stereocenters. The number of carbonyl (C=O) groups excluding carboxylic acids is 1. The molecule has 1 heterocycles. The zero-order chi connectivity index (χ0) is 22.1. The summed E-state index contributed by atoms with van der Waals surface area (Å²) in [5.74, 6) is 0.296. The van der Waals surface area contributed by atoms with Gasteiger partial charge in [0.25, 0.3) is 5.91 Å². The van der Waals surface area contributed by atoms with E-state index < -0.39 is 9.84 Å². The van der Waals surface area contributed by atoms with E-state index in [1.54, 1.807) is 41.6 Å². The number of nitrogens with zero attached hydrogens (tertiary/aromatic N) is 2. The Morgan fingerprint density at radius 1 is 0.967 bits per heavy atom. The Bertz CT molecular complexity index is 1130. The molecule has 0 spiro atoms. The summed E-state index contributed by atoms with van der Waals surface area (Å²) in [6, 6.07) is 14.7. The summed E-state index contributed by atoms with van der Waals surface area (Å²) in [5, 5.41) is 2.59. The van der Waals surface area contributed by atoms with Gasteiger partial charge in [-0.15, -0.1) is 11.3 Å². The van der Waals surface area contributed by atoms with Crippen molar-refractivity contribution < 1.29 is 13.2 Å². The van der Waals surface area contributed by atoms with Crippen LogP contribution in [0.2, 0.25) is 0 Å². The Morgan fingerprint density at radius 2 is 1.53 bits per heavy atom. The predicted octanol–water partition coefficient (Wildman–Crippen LogP) is 5.17. The van der Waals surface area contributed by atoms with E-state index in [1.807, 2.05) is 19.1 Å². The van der Waals surface area contributed by atoms with E-state index in [-0.39, 0.29) is 16.8 Å². The number of sulfone groups is 1. The fraction of sp³-hybridized carbons (Fsp3) is 0.304. The first kappa shape index (κ1) is 22.2. The third-order valence-corrected chi connectivity index (χ3v) is 7.26. The van der Waals surface area contributed by atoms with Crippen LogP contribution in [0.3, 0.4) is 0 Å². The van der Waals surface area contributed by atoms with Crippen LogP contribution in [0.5, 0.6) is 0 Å². The summed E-state index contributed by atoms with van der Waals surface area (Å²) < 4.78 is 23.3. The zero-order valence-corrected chi connectivity index (χ0v) is 19.4. The molecule has 30 heavy (non-hydrogen) atoms. The highest BCUT2D eigenvalue weighted by molar-refractivity contribution is 7.90. The Kier molecular flexibility index (Phi) is 6.43. The van der Waals surface area contributed by atoms with Crippen molar-refractivity contribution in [1.29, 1.82) is 0 Å². The van der Waals surface area contributed by atoms with Crippen LogP contribution >= 0.6 is 11.3 Å². The fourth-order valence-electron chi connectivity index (χ4n) is 3.09. The van der Waals surface area contributed by atoms with E-state index in [2.05, 4.69) is 31.0 Å². The average molecular weight is 443 g/mol. The lowest BCUT2D eigenvalue weighted by molar-refractivity contribution is 0.0737. The number of hydrogen-bond donors (Lipinski definition) is 0. The molecule has 0 saturated heterocycles. The standard InChI is InChI=1S/C23H26N2O3S2/c1-15(2)17-6-8-19(9-7-17)22-24-21(14-29-22)23(26)25(4)16(3)18-10-12-20(13-11-18)30(5,27)28/h6-16H,1-5H3/t16-/m0/s1. The maximum Gasteiger partial charge on any atom is 0.273 e. The summed E-state index contributed by atoms with van der Waals surface area (Å²) in [6.45, 7) is 6.22. The molecule has 0 fully saturated rings. The number of carbonyl (C=O) groups is 1. The minimum atomic E-state index is -3.25. The van der Waals surface area contributed by atoms with E-state index in [1.165, 1.54) is 23.2 Å². The van der Waals surface area contributed by atoms with Crippen molar-refractivity contribution in [3.05, 3.63) is 70.7 Å². The van der Waals surface area contributed by atoms with Gasteiger partial charge in [-0.25, -0.2) is 13.4 Å². The van der Waals surface area contributed by atoms with E-state index in [9.17, 15) is 13.2 Å². The molecule has 0 aliphatic heterocycles. The Labute approximate surface area is 182 Å². The molecule has 0 saturated carbocycles. The monoisotopic (exact) mass is 442 g/mol. The highest BCUT2D eigenvalue weighted by Crippen LogP contribution is 2.28. The molecule has 3 aromatic rings. The molecule has 5 nitrogen and oxygen atoms in total. The fourth-order valence-corrected chi connectivity index (χ4v) is 4.52. The van der Waals surface area contributed by atoms with Crippen LogP contribution in [-0.4, -0.2) is 37.5 Å². The highest BCUT2D eigenvalue weighted by atomic mass is 32.2. The molecule has 7 heteroatoms. The topological polar surface area (TPSA) is 67.3 Å². The van der Waals surface area contributed by atoms with Gasteiger partial charge in [-0.3, -0.25) is 4.79 Å². The maximum atomic E-state index is 12.9. The van der Waals surface area contributed by atoms with Crippen molar-refractivity contribution in [2.75, 3.05) is 13.3 Å². The maximum absolute atomic E-state index is 12.9. The quantitative estimate of drug-likeness (QED) is 0.528. The molecule has 0 N–H and O–H groups in total. The number of rotatable bonds is 6. The van der Waals surface area contributed by atoms with Crippen molar-refractivity contribution in [1.82, 2.24) is 9.88 Å². The van der Waals surface area contributed by atoms with E-state index >= 15 is 0 Å². The van der Waals surface area contributed by atoms with Crippen LogP contribution in [0, 0.1) is 0 Å². The van der Waals surface area contributed by atoms with Gasteiger partial charge < -0.3 is 4.90 Å². The Morgan fingerprint density at radius 3 is 2.07 bits per heavy atom. The number of hydrogen-bond acceptors (Lipinski definition) is 5. The lowest BCUT2D eigenvalue weighted by atomic mass is 10.0. The van der Waals surface area contributed by atoms with Gasteiger partial charge in [0.1, 0.15) is 10.7 Å². The second-order valence-electron chi connectivity index (χ2n) is 7.75. The van der Waals surface area contributed by atoms with Crippen LogP contribution in [0.4, 0.5) is 0 Å². The first-order valence-electron chi connectivity index (χ1n) is 9.71. The summed E-state index contributed by atoms with van der Waals surface area (Å²) >= 11 is 1.45. The normalized spacial score (nSPS) is 12.7. The summed E-state index contributed by atoms with van der Waals surface area (Å²) in [4.78, 5) is 19.4. The van der Waals surface area contributed by atoms with E-state index in [4.69, 9.17) is 0 Å². The summed E-state index contributed by atoms with van der Waals surface area (Å²) in [7, 11) is -1.52. The SMILES string of the molecule is CC(C)c1ccc(-c2nc(C(=O)N(C)[C@@H](C)c3ccc(S(C)(=O)=O)cc3)cs2)cc1. The molecule has 0 aliphatic carbocycles. The van der Waals surface area contributed by atoms with Crippen LogP contribution in [0.1, 0.15) is 54.3 Å². The van der Waals surface area contributed by atoms with Gasteiger partial charge in [-0.1, -0.05) is 50.2 Å². The molecular formula is C23H26N2O3S2. The van der Waals surface area contributed by atoms with Crippen LogP contribution in [0.15, 0.2) is 58.8 Å².